The van der Waals surface area contributed by atoms with Gasteiger partial charge in [0.15, 0.2) is 5.96 Å². The van der Waals surface area contributed by atoms with Crippen molar-refractivity contribution in [3.63, 3.8) is 0 Å². The molecule has 0 aliphatic heterocycles. The molecule has 0 bridgehead atoms. The van der Waals surface area contributed by atoms with Crippen LogP contribution in [-0.2, 0) is 17.9 Å². The summed E-state index contributed by atoms with van der Waals surface area (Å²) in [6, 6.07) is 14.0. The zero-order valence-electron chi connectivity index (χ0n) is 14.0. The number of nitrogens with one attached hydrogen (secondary N) is 2. The first kappa shape index (κ1) is 20.5. The van der Waals surface area contributed by atoms with Gasteiger partial charge in [-0.25, -0.2) is 4.99 Å². The van der Waals surface area contributed by atoms with Crippen LogP contribution in [0, 0.1) is 0 Å². The molecule has 1 aromatic carbocycles. The van der Waals surface area contributed by atoms with Crippen molar-refractivity contribution < 1.29 is 9.15 Å². The first-order chi connectivity index (χ1) is 11.4. The average Bonchev–Trinajstić information content (AvgIpc) is 3.10. The number of guanidine groups is 1. The SMILES string of the molecule is CCNC(=NCc1ccccc1)NCCCOCc1ccco1.I. The molecule has 0 atom stereocenters. The highest BCUT2D eigenvalue weighted by atomic mass is 127. The maximum atomic E-state index is 5.56. The highest BCUT2D eigenvalue weighted by Gasteiger charge is 1.98. The van der Waals surface area contributed by atoms with Gasteiger partial charge in [-0.05, 0) is 31.0 Å². The molecule has 6 heteroatoms. The fourth-order valence-corrected chi connectivity index (χ4v) is 2.04. The van der Waals surface area contributed by atoms with E-state index in [-0.39, 0.29) is 24.0 Å². The van der Waals surface area contributed by atoms with Crippen molar-refractivity contribution >= 4 is 29.9 Å². The van der Waals surface area contributed by atoms with E-state index in [1.54, 1.807) is 6.26 Å². The third-order valence-corrected chi connectivity index (χ3v) is 3.19. The zero-order chi connectivity index (χ0) is 16.2. The molecular formula is C18H26IN3O2. The van der Waals surface area contributed by atoms with Crippen molar-refractivity contribution in [1.29, 1.82) is 0 Å². The van der Waals surface area contributed by atoms with Crippen LogP contribution in [0.1, 0.15) is 24.7 Å². The van der Waals surface area contributed by atoms with Crippen molar-refractivity contribution in [2.24, 2.45) is 4.99 Å². The monoisotopic (exact) mass is 443 g/mol. The van der Waals surface area contributed by atoms with Crippen molar-refractivity contribution in [2.75, 3.05) is 19.7 Å². The van der Waals surface area contributed by atoms with Gasteiger partial charge in [0, 0.05) is 19.7 Å². The molecule has 2 N–H and O–H groups in total. The maximum Gasteiger partial charge on any atom is 0.191 e. The first-order valence-corrected chi connectivity index (χ1v) is 8.04. The fourth-order valence-electron chi connectivity index (χ4n) is 2.04. The van der Waals surface area contributed by atoms with Crippen LogP contribution in [0.5, 0.6) is 0 Å². The number of hydrogen-bond acceptors (Lipinski definition) is 3. The van der Waals surface area contributed by atoms with Gasteiger partial charge in [0.2, 0.25) is 0 Å². The fraction of sp³-hybridized carbons (Fsp3) is 0.389. The second-order valence-electron chi connectivity index (χ2n) is 5.09. The molecule has 0 fully saturated rings. The first-order valence-electron chi connectivity index (χ1n) is 8.04. The van der Waals surface area contributed by atoms with E-state index in [1.807, 2.05) is 30.3 Å². The lowest BCUT2D eigenvalue weighted by molar-refractivity contribution is 0.105. The molecule has 0 aliphatic carbocycles. The molecule has 0 saturated carbocycles. The summed E-state index contributed by atoms with van der Waals surface area (Å²) < 4.78 is 10.8. The van der Waals surface area contributed by atoms with Crippen molar-refractivity contribution in [1.82, 2.24) is 10.6 Å². The molecule has 1 heterocycles. The van der Waals surface area contributed by atoms with Crippen molar-refractivity contribution in [3.8, 4) is 0 Å². The van der Waals surface area contributed by atoms with Crippen LogP contribution in [0.3, 0.4) is 0 Å². The molecule has 0 saturated heterocycles. The van der Waals surface area contributed by atoms with Gasteiger partial charge in [0.1, 0.15) is 12.4 Å². The van der Waals surface area contributed by atoms with E-state index in [1.165, 1.54) is 5.56 Å². The molecule has 132 valence electrons. The van der Waals surface area contributed by atoms with E-state index >= 15 is 0 Å². The lowest BCUT2D eigenvalue weighted by Crippen LogP contribution is -2.38. The third kappa shape index (κ3) is 8.35. The van der Waals surface area contributed by atoms with Crippen LogP contribution in [0.25, 0.3) is 0 Å². The van der Waals surface area contributed by atoms with E-state index < -0.39 is 0 Å². The van der Waals surface area contributed by atoms with E-state index in [4.69, 9.17) is 9.15 Å². The Morgan fingerprint density at radius 3 is 2.67 bits per heavy atom. The number of rotatable bonds is 9. The Kier molecular flexibility index (Phi) is 11.0. The van der Waals surface area contributed by atoms with Gasteiger partial charge in [-0.3, -0.25) is 0 Å². The predicted octanol–water partition coefficient (Wildman–Crippen LogP) is 3.56. The van der Waals surface area contributed by atoms with Crippen LogP contribution in [0.15, 0.2) is 58.1 Å². The molecular weight excluding hydrogens is 417 g/mol. The van der Waals surface area contributed by atoms with Crippen molar-refractivity contribution in [2.45, 2.75) is 26.5 Å². The second-order valence-corrected chi connectivity index (χ2v) is 5.09. The Labute approximate surface area is 160 Å². The summed E-state index contributed by atoms with van der Waals surface area (Å²) in [5, 5.41) is 6.57. The Morgan fingerprint density at radius 1 is 1.12 bits per heavy atom. The quantitative estimate of drug-likeness (QED) is 0.269. The zero-order valence-corrected chi connectivity index (χ0v) is 16.4. The largest absolute Gasteiger partial charge is 0.467 e. The lowest BCUT2D eigenvalue weighted by atomic mass is 10.2. The Morgan fingerprint density at radius 2 is 1.96 bits per heavy atom. The van der Waals surface area contributed by atoms with E-state index in [0.29, 0.717) is 19.8 Å². The molecule has 2 aromatic rings. The summed E-state index contributed by atoms with van der Waals surface area (Å²) in [5.41, 5.74) is 1.20. The summed E-state index contributed by atoms with van der Waals surface area (Å²) >= 11 is 0. The third-order valence-electron chi connectivity index (χ3n) is 3.19. The molecule has 0 spiro atoms. The van der Waals surface area contributed by atoms with Gasteiger partial charge in [0.05, 0.1) is 12.8 Å². The minimum absolute atomic E-state index is 0. The van der Waals surface area contributed by atoms with Crippen molar-refractivity contribution in [3.05, 3.63) is 60.1 Å². The van der Waals surface area contributed by atoms with Crippen LogP contribution in [0.2, 0.25) is 0 Å². The van der Waals surface area contributed by atoms with Gasteiger partial charge in [-0.2, -0.15) is 0 Å². The summed E-state index contributed by atoms with van der Waals surface area (Å²) in [6.07, 6.45) is 2.57. The lowest BCUT2D eigenvalue weighted by Gasteiger charge is -2.11. The van der Waals surface area contributed by atoms with Gasteiger partial charge < -0.3 is 19.8 Å². The number of halogens is 1. The molecule has 0 aliphatic rings. The number of furan rings is 1. The van der Waals surface area contributed by atoms with Gasteiger partial charge in [-0.15, -0.1) is 24.0 Å². The minimum Gasteiger partial charge on any atom is -0.467 e. The number of ether oxygens (including phenoxy) is 1. The number of benzene rings is 1. The standard InChI is InChI=1S/C18H25N3O2.HI/c1-2-19-18(21-14-16-8-4-3-5-9-16)20-11-7-12-22-15-17-10-6-13-23-17;/h3-6,8-10,13H,2,7,11-12,14-15H2,1H3,(H2,19,20,21);1H. The van der Waals surface area contributed by atoms with Gasteiger partial charge in [-0.1, -0.05) is 30.3 Å². The van der Waals surface area contributed by atoms with E-state index in [9.17, 15) is 0 Å². The smallest absolute Gasteiger partial charge is 0.191 e. The minimum atomic E-state index is 0. The molecule has 2 rings (SSSR count). The summed E-state index contributed by atoms with van der Waals surface area (Å²) in [7, 11) is 0. The highest BCUT2D eigenvalue weighted by molar-refractivity contribution is 14.0. The molecule has 0 unspecified atom stereocenters. The molecule has 0 amide bonds. The Hall–Kier alpha value is -1.54. The maximum absolute atomic E-state index is 5.56. The summed E-state index contributed by atoms with van der Waals surface area (Å²) in [5.74, 6) is 1.69. The Bertz CT molecular complexity index is 559. The Balaban J connectivity index is 0.00000288. The van der Waals surface area contributed by atoms with Crippen LogP contribution >= 0.6 is 24.0 Å². The topological polar surface area (TPSA) is 58.8 Å². The second kappa shape index (κ2) is 12.8. The van der Waals surface area contributed by atoms with Crippen LogP contribution < -0.4 is 10.6 Å². The summed E-state index contributed by atoms with van der Waals surface area (Å²) in [4.78, 5) is 4.58. The number of aliphatic imine (C=N–C) groups is 1. The summed E-state index contributed by atoms with van der Waals surface area (Å²) in [6.45, 7) is 5.60. The average molecular weight is 443 g/mol. The molecule has 1 aromatic heterocycles. The normalized spacial score (nSPS) is 11.0. The highest BCUT2D eigenvalue weighted by Crippen LogP contribution is 2.02. The predicted molar refractivity (Wildman–Crippen MR) is 108 cm³/mol. The molecule has 5 nitrogen and oxygen atoms in total. The van der Waals surface area contributed by atoms with E-state index in [2.05, 4.69) is 34.7 Å². The van der Waals surface area contributed by atoms with Crippen LogP contribution in [-0.4, -0.2) is 25.7 Å². The van der Waals surface area contributed by atoms with E-state index in [0.717, 1.165) is 31.2 Å². The number of nitrogens with zero attached hydrogens (tertiary/aromatic N) is 1. The molecule has 24 heavy (non-hydrogen) atoms. The number of hydrogen-bond donors (Lipinski definition) is 2. The molecule has 0 radical (unpaired) electrons. The van der Waals surface area contributed by atoms with Gasteiger partial charge in [0.25, 0.3) is 0 Å². The van der Waals surface area contributed by atoms with Crippen LogP contribution in [0.4, 0.5) is 0 Å². The van der Waals surface area contributed by atoms with Gasteiger partial charge >= 0.3 is 0 Å².